The van der Waals surface area contributed by atoms with Gasteiger partial charge in [0.2, 0.25) is 5.91 Å². The van der Waals surface area contributed by atoms with Gasteiger partial charge in [0.1, 0.15) is 0 Å². The van der Waals surface area contributed by atoms with E-state index in [9.17, 15) is 24.5 Å². The molecule has 0 aromatic heterocycles. The molecular weight excluding hydrogens is 416 g/mol. The third-order valence-corrected chi connectivity index (χ3v) is 5.16. The highest BCUT2D eigenvalue weighted by Crippen LogP contribution is 2.29. The molecule has 0 atom stereocenters. The highest BCUT2D eigenvalue weighted by atomic mass is 16.6. The van der Waals surface area contributed by atoms with Gasteiger partial charge in [-0.3, -0.25) is 19.7 Å². The van der Waals surface area contributed by atoms with E-state index in [2.05, 4.69) is 5.32 Å². The highest BCUT2D eigenvalue weighted by Gasteiger charge is 2.23. The Morgan fingerprint density at radius 3 is 2.22 bits per heavy atom. The van der Waals surface area contributed by atoms with Crippen molar-refractivity contribution < 1.29 is 24.0 Å². The van der Waals surface area contributed by atoms with E-state index in [0.29, 0.717) is 37.6 Å². The van der Waals surface area contributed by atoms with Crippen LogP contribution in [0, 0.1) is 10.1 Å². The number of hydrogen-bond acceptors (Lipinski definition) is 7. The van der Waals surface area contributed by atoms with Gasteiger partial charge in [0.25, 0.3) is 11.6 Å². The van der Waals surface area contributed by atoms with Gasteiger partial charge in [-0.25, -0.2) is 4.79 Å². The van der Waals surface area contributed by atoms with Gasteiger partial charge in [-0.1, -0.05) is 0 Å². The number of amides is 2. The molecule has 2 aromatic rings. The number of anilines is 2. The van der Waals surface area contributed by atoms with E-state index in [1.807, 2.05) is 4.90 Å². The van der Waals surface area contributed by atoms with Crippen LogP contribution in [-0.4, -0.2) is 60.4 Å². The number of nitro benzene ring substituents is 1. The van der Waals surface area contributed by atoms with E-state index in [0.717, 1.165) is 0 Å². The van der Waals surface area contributed by atoms with E-state index in [4.69, 9.17) is 4.74 Å². The Labute approximate surface area is 184 Å². The first kappa shape index (κ1) is 22.7. The number of benzene rings is 2. The highest BCUT2D eigenvalue weighted by molar-refractivity contribution is 6.07. The average molecular weight is 440 g/mol. The molecule has 3 rings (SSSR count). The second-order valence-electron chi connectivity index (χ2n) is 7.20. The monoisotopic (exact) mass is 440 g/mol. The van der Waals surface area contributed by atoms with Crippen molar-refractivity contribution in [1.82, 2.24) is 4.90 Å². The third kappa shape index (κ3) is 5.20. The summed E-state index contributed by atoms with van der Waals surface area (Å²) in [5.74, 6) is -0.968. The van der Waals surface area contributed by atoms with Crippen molar-refractivity contribution in [3.05, 3.63) is 63.7 Å². The lowest BCUT2D eigenvalue weighted by molar-refractivity contribution is -0.384. The Morgan fingerprint density at radius 2 is 1.66 bits per heavy atom. The quantitative estimate of drug-likeness (QED) is 0.416. The number of ether oxygens (including phenoxy) is 1. The number of hydrogen-bond donors (Lipinski definition) is 1. The van der Waals surface area contributed by atoms with Crippen molar-refractivity contribution >= 4 is 34.8 Å². The fraction of sp³-hybridized carbons (Fsp3) is 0.318. The van der Waals surface area contributed by atoms with Gasteiger partial charge in [0.05, 0.1) is 28.5 Å². The number of nitro groups is 1. The standard InChI is InChI=1S/C22H24N4O6/c1-3-32-22(29)17-6-9-20(25-12-10-24(11-13-25)15(2)27)19(14-17)23-21(28)16-4-7-18(8-5-16)26(30)31/h4-9,14H,3,10-13H2,1-2H3,(H,23,28). The zero-order chi connectivity index (χ0) is 23.3. The van der Waals surface area contributed by atoms with Crippen molar-refractivity contribution in [3.63, 3.8) is 0 Å². The molecule has 0 unspecified atom stereocenters. The minimum absolute atomic E-state index is 0.00834. The average Bonchev–Trinajstić information content (AvgIpc) is 2.79. The molecular formula is C22H24N4O6. The van der Waals surface area contributed by atoms with Gasteiger partial charge in [-0.2, -0.15) is 0 Å². The fourth-order valence-corrected chi connectivity index (χ4v) is 3.44. The smallest absolute Gasteiger partial charge is 0.338 e. The van der Waals surface area contributed by atoms with Gasteiger partial charge in [-0.05, 0) is 37.3 Å². The topological polar surface area (TPSA) is 122 Å². The van der Waals surface area contributed by atoms with Crippen molar-refractivity contribution in [1.29, 1.82) is 0 Å². The maximum absolute atomic E-state index is 12.8. The van der Waals surface area contributed by atoms with Crippen LogP contribution in [0.25, 0.3) is 0 Å². The summed E-state index contributed by atoms with van der Waals surface area (Å²) < 4.78 is 5.06. The number of carbonyl (C=O) groups excluding carboxylic acids is 3. The molecule has 1 saturated heterocycles. The minimum Gasteiger partial charge on any atom is -0.462 e. The Kier molecular flexibility index (Phi) is 7.04. The number of rotatable bonds is 6. The van der Waals surface area contributed by atoms with E-state index in [1.165, 1.54) is 31.2 Å². The summed E-state index contributed by atoms with van der Waals surface area (Å²) in [6, 6.07) is 10.2. The molecule has 0 aliphatic carbocycles. The Bertz CT molecular complexity index is 1030. The van der Waals surface area contributed by atoms with Gasteiger partial charge in [0.15, 0.2) is 0 Å². The van der Waals surface area contributed by atoms with Crippen LogP contribution in [0.4, 0.5) is 17.1 Å². The molecule has 1 aliphatic rings. The second kappa shape index (κ2) is 9.90. The van der Waals surface area contributed by atoms with Gasteiger partial charge in [-0.15, -0.1) is 0 Å². The molecule has 0 bridgehead atoms. The van der Waals surface area contributed by atoms with Gasteiger partial charge >= 0.3 is 5.97 Å². The van der Waals surface area contributed by atoms with E-state index < -0.39 is 16.8 Å². The molecule has 0 spiro atoms. The number of carbonyl (C=O) groups is 3. The summed E-state index contributed by atoms with van der Waals surface area (Å²) in [5.41, 5.74) is 1.53. The summed E-state index contributed by atoms with van der Waals surface area (Å²) in [6.07, 6.45) is 0. The predicted molar refractivity (Wildman–Crippen MR) is 118 cm³/mol. The number of nitrogens with zero attached hydrogens (tertiary/aromatic N) is 3. The van der Waals surface area contributed by atoms with E-state index >= 15 is 0 Å². The van der Waals surface area contributed by atoms with Crippen LogP contribution in [0.15, 0.2) is 42.5 Å². The van der Waals surface area contributed by atoms with Crippen LogP contribution in [0.3, 0.4) is 0 Å². The van der Waals surface area contributed by atoms with Gasteiger partial charge < -0.3 is 19.9 Å². The zero-order valence-electron chi connectivity index (χ0n) is 17.9. The zero-order valence-corrected chi connectivity index (χ0v) is 17.9. The van der Waals surface area contributed by atoms with E-state index in [1.54, 1.807) is 30.0 Å². The van der Waals surface area contributed by atoms with Crippen molar-refractivity contribution in [2.45, 2.75) is 13.8 Å². The molecule has 1 aliphatic heterocycles. The van der Waals surface area contributed by atoms with Crippen LogP contribution >= 0.6 is 0 Å². The number of nitrogens with one attached hydrogen (secondary N) is 1. The first-order chi connectivity index (χ1) is 15.3. The summed E-state index contributed by atoms with van der Waals surface area (Å²) in [5, 5.41) is 13.6. The normalized spacial score (nSPS) is 13.4. The Morgan fingerprint density at radius 1 is 1.03 bits per heavy atom. The molecule has 1 fully saturated rings. The molecule has 0 saturated carbocycles. The first-order valence-corrected chi connectivity index (χ1v) is 10.2. The summed E-state index contributed by atoms with van der Waals surface area (Å²) in [4.78, 5) is 50.7. The lowest BCUT2D eigenvalue weighted by atomic mass is 10.1. The fourth-order valence-electron chi connectivity index (χ4n) is 3.44. The summed E-state index contributed by atoms with van der Waals surface area (Å²) >= 11 is 0. The number of piperazine rings is 1. The molecule has 2 aromatic carbocycles. The molecule has 2 amide bonds. The van der Waals surface area contributed by atoms with Crippen LogP contribution in [0.1, 0.15) is 34.6 Å². The molecule has 168 valence electrons. The molecule has 10 nitrogen and oxygen atoms in total. The molecule has 1 N–H and O–H groups in total. The lowest BCUT2D eigenvalue weighted by Crippen LogP contribution is -2.48. The lowest BCUT2D eigenvalue weighted by Gasteiger charge is -2.36. The number of esters is 1. The summed E-state index contributed by atoms with van der Waals surface area (Å²) in [6.45, 7) is 5.68. The van der Waals surface area contributed by atoms with Crippen LogP contribution in [-0.2, 0) is 9.53 Å². The van der Waals surface area contributed by atoms with Crippen molar-refractivity contribution in [3.8, 4) is 0 Å². The Balaban J connectivity index is 1.87. The van der Waals surface area contributed by atoms with E-state index in [-0.39, 0.29) is 29.3 Å². The van der Waals surface area contributed by atoms with Crippen molar-refractivity contribution in [2.75, 3.05) is 43.0 Å². The van der Waals surface area contributed by atoms with Crippen molar-refractivity contribution in [2.24, 2.45) is 0 Å². The van der Waals surface area contributed by atoms with Crippen LogP contribution in [0.2, 0.25) is 0 Å². The largest absolute Gasteiger partial charge is 0.462 e. The van der Waals surface area contributed by atoms with Crippen LogP contribution < -0.4 is 10.2 Å². The molecule has 32 heavy (non-hydrogen) atoms. The van der Waals surface area contributed by atoms with Crippen LogP contribution in [0.5, 0.6) is 0 Å². The molecule has 1 heterocycles. The number of non-ortho nitro benzene ring substituents is 1. The third-order valence-electron chi connectivity index (χ3n) is 5.16. The molecule has 0 radical (unpaired) electrons. The first-order valence-electron chi connectivity index (χ1n) is 10.2. The molecule has 10 heteroatoms. The van der Waals surface area contributed by atoms with Gasteiger partial charge in [0, 0.05) is 50.8 Å². The predicted octanol–water partition coefficient (Wildman–Crippen LogP) is 2.69. The SMILES string of the molecule is CCOC(=O)c1ccc(N2CCN(C(C)=O)CC2)c(NC(=O)c2ccc([N+](=O)[O-])cc2)c1. The Hall–Kier alpha value is -3.95. The maximum Gasteiger partial charge on any atom is 0.338 e. The second-order valence-corrected chi connectivity index (χ2v) is 7.20. The summed E-state index contributed by atoms with van der Waals surface area (Å²) in [7, 11) is 0. The minimum atomic E-state index is -0.538. The maximum atomic E-state index is 12.8.